The topological polar surface area (TPSA) is 16.1 Å². The third kappa shape index (κ3) is 2.74. The lowest BCUT2D eigenvalue weighted by atomic mass is 9.85. The van der Waals surface area contributed by atoms with E-state index in [1.165, 1.54) is 30.4 Å². The summed E-state index contributed by atoms with van der Waals surface area (Å²) in [6, 6.07) is 2.11. The summed E-state index contributed by atoms with van der Waals surface area (Å²) in [6.07, 6.45) is 4.12. The van der Waals surface area contributed by atoms with Crippen molar-refractivity contribution in [1.29, 1.82) is 0 Å². The Kier molecular flexibility index (Phi) is 3.93. The number of rotatable bonds is 4. The van der Waals surface area contributed by atoms with Gasteiger partial charge in [0.1, 0.15) is 5.82 Å². The minimum absolute atomic E-state index is 0.545. The third-order valence-electron chi connectivity index (χ3n) is 3.71. The van der Waals surface area contributed by atoms with E-state index in [0.717, 1.165) is 24.0 Å². The van der Waals surface area contributed by atoms with E-state index < -0.39 is 0 Å². The van der Waals surface area contributed by atoms with Crippen LogP contribution < -0.4 is 4.90 Å². The Balaban J connectivity index is 2.22. The second-order valence-corrected chi connectivity index (χ2v) is 5.46. The van der Waals surface area contributed by atoms with Gasteiger partial charge in [-0.15, -0.1) is 11.6 Å². The van der Waals surface area contributed by atoms with Gasteiger partial charge in [0, 0.05) is 24.8 Å². The first-order chi connectivity index (χ1) is 8.11. The summed E-state index contributed by atoms with van der Waals surface area (Å²) in [7, 11) is 2.13. The molecular weight excluding hydrogens is 232 g/mol. The average Bonchev–Trinajstić information content (AvgIpc) is 2.22. The van der Waals surface area contributed by atoms with Crippen LogP contribution in [0.2, 0.25) is 0 Å². The molecule has 0 aliphatic heterocycles. The van der Waals surface area contributed by atoms with Crippen LogP contribution in [0.15, 0.2) is 6.07 Å². The van der Waals surface area contributed by atoms with Crippen molar-refractivity contribution in [3.63, 3.8) is 0 Å². The van der Waals surface area contributed by atoms with Gasteiger partial charge in [0.2, 0.25) is 0 Å². The minimum atomic E-state index is 0.545. The SMILES string of the molecule is Cc1cc(C)c(CCl)c(N(C)CC2CCC2)n1. The maximum Gasteiger partial charge on any atom is 0.133 e. The van der Waals surface area contributed by atoms with Crippen LogP contribution in [0.25, 0.3) is 0 Å². The molecule has 1 aliphatic rings. The molecule has 1 aromatic heterocycles. The summed E-state index contributed by atoms with van der Waals surface area (Å²) < 4.78 is 0. The number of aromatic nitrogens is 1. The summed E-state index contributed by atoms with van der Waals surface area (Å²) in [6.45, 7) is 5.28. The van der Waals surface area contributed by atoms with Gasteiger partial charge in [0.25, 0.3) is 0 Å². The summed E-state index contributed by atoms with van der Waals surface area (Å²) in [5.74, 6) is 2.47. The van der Waals surface area contributed by atoms with Gasteiger partial charge in [-0.2, -0.15) is 0 Å². The Hall–Kier alpha value is -0.760. The predicted molar refractivity (Wildman–Crippen MR) is 73.9 cm³/mol. The fourth-order valence-corrected chi connectivity index (χ4v) is 2.80. The number of hydrogen-bond acceptors (Lipinski definition) is 2. The fourth-order valence-electron chi connectivity index (χ4n) is 2.47. The molecule has 0 atom stereocenters. The lowest BCUT2D eigenvalue weighted by molar-refractivity contribution is 0.321. The second kappa shape index (κ2) is 5.26. The van der Waals surface area contributed by atoms with Crippen molar-refractivity contribution < 1.29 is 0 Å². The lowest BCUT2D eigenvalue weighted by Crippen LogP contribution is -2.30. The maximum atomic E-state index is 6.05. The quantitative estimate of drug-likeness (QED) is 0.760. The molecule has 1 saturated carbocycles. The van der Waals surface area contributed by atoms with Crippen molar-refractivity contribution in [1.82, 2.24) is 4.98 Å². The normalized spacial score (nSPS) is 15.8. The molecular formula is C14H21ClN2. The number of pyridine rings is 1. The van der Waals surface area contributed by atoms with E-state index in [1.807, 2.05) is 6.92 Å². The van der Waals surface area contributed by atoms with E-state index in [-0.39, 0.29) is 0 Å². The second-order valence-electron chi connectivity index (χ2n) is 5.19. The Labute approximate surface area is 109 Å². The van der Waals surface area contributed by atoms with Crippen molar-refractivity contribution in [2.75, 3.05) is 18.5 Å². The van der Waals surface area contributed by atoms with Crippen LogP contribution in [-0.4, -0.2) is 18.6 Å². The zero-order valence-corrected chi connectivity index (χ0v) is 11.7. The van der Waals surface area contributed by atoms with E-state index >= 15 is 0 Å². The molecule has 1 aromatic rings. The van der Waals surface area contributed by atoms with Crippen LogP contribution in [0.4, 0.5) is 5.82 Å². The van der Waals surface area contributed by atoms with Crippen LogP contribution in [0.3, 0.4) is 0 Å². The number of alkyl halides is 1. The largest absolute Gasteiger partial charge is 0.359 e. The van der Waals surface area contributed by atoms with Gasteiger partial charge in [-0.3, -0.25) is 0 Å². The molecule has 0 radical (unpaired) electrons. The van der Waals surface area contributed by atoms with E-state index in [1.54, 1.807) is 0 Å². The number of hydrogen-bond donors (Lipinski definition) is 0. The maximum absolute atomic E-state index is 6.05. The number of anilines is 1. The van der Waals surface area contributed by atoms with E-state index in [9.17, 15) is 0 Å². The first kappa shape index (κ1) is 12.7. The molecule has 94 valence electrons. The van der Waals surface area contributed by atoms with E-state index in [0.29, 0.717) is 5.88 Å². The van der Waals surface area contributed by atoms with Crippen LogP contribution in [0, 0.1) is 19.8 Å². The zero-order valence-electron chi connectivity index (χ0n) is 11.0. The van der Waals surface area contributed by atoms with Crippen molar-refractivity contribution in [3.8, 4) is 0 Å². The Morgan fingerprint density at radius 1 is 1.41 bits per heavy atom. The van der Waals surface area contributed by atoms with Crippen molar-refractivity contribution in [3.05, 3.63) is 22.9 Å². The highest BCUT2D eigenvalue weighted by Gasteiger charge is 2.21. The van der Waals surface area contributed by atoms with Crippen molar-refractivity contribution in [2.45, 2.75) is 39.0 Å². The van der Waals surface area contributed by atoms with Gasteiger partial charge in [0.05, 0.1) is 5.88 Å². The highest BCUT2D eigenvalue weighted by Crippen LogP contribution is 2.30. The predicted octanol–water partition coefficient (Wildman–Crippen LogP) is 3.67. The fraction of sp³-hybridized carbons (Fsp3) is 0.643. The van der Waals surface area contributed by atoms with Gasteiger partial charge in [0.15, 0.2) is 0 Å². The molecule has 0 amide bonds. The molecule has 0 saturated heterocycles. The molecule has 1 aliphatic carbocycles. The molecule has 1 fully saturated rings. The van der Waals surface area contributed by atoms with Gasteiger partial charge >= 0.3 is 0 Å². The lowest BCUT2D eigenvalue weighted by Gasteiger charge is -2.32. The molecule has 0 aromatic carbocycles. The van der Waals surface area contributed by atoms with Crippen molar-refractivity contribution >= 4 is 17.4 Å². The number of aryl methyl sites for hydroxylation is 2. The minimum Gasteiger partial charge on any atom is -0.359 e. The molecule has 1 heterocycles. The summed E-state index contributed by atoms with van der Waals surface area (Å²) >= 11 is 6.05. The van der Waals surface area contributed by atoms with Gasteiger partial charge < -0.3 is 4.90 Å². The van der Waals surface area contributed by atoms with Crippen LogP contribution in [-0.2, 0) is 5.88 Å². The Morgan fingerprint density at radius 3 is 2.65 bits per heavy atom. The molecule has 0 bridgehead atoms. The summed E-state index contributed by atoms with van der Waals surface area (Å²) in [4.78, 5) is 6.94. The molecule has 17 heavy (non-hydrogen) atoms. The van der Waals surface area contributed by atoms with E-state index in [4.69, 9.17) is 11.6 Å². The monoisotopic (exact) mass is 252 g/mol. The van der Waals surface area contributed by atoms with Crippen LogP contribution in [0.5, 0.6) is 0 Å². The number of nitrogens with zero attached hydrogens (tertiary/aromatic N) is 2. The molecule has 0 spiro atoms. The Bertz CT molecular complexity index is 399. The van der Waals surface area contributed by atoms with Gasteiger partial charge in [-0.1, -0.05) is 6.42 Å². The number of halogens is 1. The first-order valence-corrected chi connectivity index (χ1v) is 6.89. The molecule has 0 N–H and O–H groups in total. The van der Waals surface area contributed by atoms with Crippen LogP contribution >= 0.6 is 11.6 Å². The standard InChI is InChI=1S/C14H21ClN2/c1-10-7-11(2)16-14(13(10)8-15)17(3)9-12-5-4-6-12/h7,12H,4-6,8-9H2,1-3H3. The molecule has 0 unspecified atom stereocenters. The molecule has 3 heteroatoms. The third-order valence-corrected chi connectivity index (χ3v) is 3.97. The smallest absolute Gasteiger partial charge is 0.133 e. The zero-order chi connectivity index (χ0) is 12.4. The van der Waals surface area contributed by atoms with E-state index in [2.05, 4.69) is 29.9 Å². The average molecular weight is 253 g/mol. The first-order valence-electron chi connectivity index (χ1n) is 6.36. The summed E-state index contributed by atoms with van der Waals surface area (Å²) in [5, 5.41) is 0. The van der Waals surface area contributed by atoms with Crippen LogP contribution in [0.1, 0.15) is 36.1 Å². The Morgan fingerprint density at radius 2 is 2.12 bits per heavy atom. The highest BCUT2D eigenvalue weighted by atomic mass is 35.5. The van der Waals surface area contributed by atoms with Gasteiger partial charge in [-0.05, 0) is 44.2 Å². The molecule has 2 rings (SSSR count). The summed E-state index contributed by atoms with van der Waals surface area (Å²) in [5.41, 5.74) is 3.51. The molecule has 2 nitrogen and oxygen atoms in total. The highest BCUT2D eigenvalue weighted by molar-refractivity contribution is 6.17. The van der Waals surface area contributed by atoms with Gasteiger partial charge in [-0.25, -0.2) is 4.98 Å². The van der Waals surface area contributed by atoms with Crippen molar-refractivity contribution in [2.24, 2.45) is 5.92 Å².